The van der Waals surface area contributed by atoms with Crippen molar-refractivity contribution in [3.8, 4) is 5.75 Å². The molecule has 0 saturated heterocycles. The first-order chi connectivity index (χ1) is 14.6. The third-order valence-corrected chi connectivity index (χ3v) is 5.90. The van der Waals surface area contributed by atoms with Crippen LogP contribution in [-0.2, 0) is 10.1 Å². The van der Waals surface area contributed by atoms with E-state index in [1.54, 1.807) is 24.3 Å². The third-order valence-electron chi connectivity index (χ3n) is 4.99. The van der Waals surface area contributed by atoms with Gasteiger partial charge in [-0.25, -0.2) is 0 Å². The lowest BCUT2D eigenvalue weighted by molar-refractivity contribution is 0.0980. The monoisotopic (exact) mass is 439 g/mol. The summed E-state index contributed by atoms with van der Waals surface area (Å²) in [4.78, 5) is 25.9. The van der Waals surface area contributed by atoms with Crippen LogP contribution >= 0.6 is 0 Å². The molecule has 0 saturated carbocycles. The van der Waals surface area contributed by atoms with E-state index >= 15 is 0 Å². The molecule has 1 aliphatic rings. The lowest BCUT2D eigenvalue weighted by Crippen LogP contribution is -2.24. The number of anilines is 4. The number of nitrogens with one attached hydrogen (secondary N) is 1. The number of hydrogen-bond donors (Lipinski definition) is 4. The summed E-state index contributed by atoms with van der Waals surface area (Å²) in [5, 5.41) is 2.92. The van der Waals surface area contributed by atoms with Gasteiger partial charge in [0.05, 0.1) is 35.3 Å². The normalized spacial score (nSPS) is 12.8. The fourth-order valence-electron chi connectivity index (χ4n) is 3.55. The van der Waals surface area contributed by atoms with Crippen LogP contribution in [0.15, 0.2) is 53.4 Å². The van der Waals surface area contributed by atoms with Gasteiger partial charge in [0.2, 0.25) is 0 Å². The molecule has 4 rings (SSSR count). The van der Waals surface area contributed by atoms with Crippen molar-refractivity contribution in [2.45, 2.75) is 4.90 Å². The van der Waals surface area contributed by atoms with Gasteiger partial charge in [-0.1, -0.05) is 24.3 Å². The van der Waals surface area contributed by atoms with Crippen molar-refractivity contribution in [2.75, 3.05) is 23.9 Å². The molecular formula is C21H17N3O6S. The molecule has 10 heteroatoms. The highest BCUT2D eigenvalue weighted by Gasteiger charge is 2.35. The van der Waals surface area contributed by atoms with Crippen LogP contribution in [0.1, 0.15) is 31.8 Å². The minimum absolute atomic E-state index is 0.00371. The Bertz CT molecular complexity index is 1380. The zero-order valence-electron chi connectivity index (χ0n) is 16.2. The number of carbonyl (C=O) groups excluding carboxylic acids is 2. The Balaban J connectivity index is 1.93. The van der Waals surface area contributed by atoms with Crippen LogP contribution in [0.25, 0.3) is 0 Å². The highest BCUT2D eigenvalue weighted by Crippen LogP contribution is 2.41. The molecule has 6 N–H and O–H groups in total. The molecule has 0 bridgehead atoms. The number of fused-ring (bicyclic) bond motifs is 2. The standard InChI is InChI=1S/C21H17N3O6S/c1-30-15-9-14(24-10-6-7-13(22)16(8-10)31(27,28)29)17-18(19(15)23)21(26)12-5-3-2-4-11(12)20(17)25/h2-9,24H,22-23H2,1H3,(H,27,28,29). The summed E-state index contributed by atoms with van der Waals surface area (Å²) >= 11 is 0. The first kappa shape index (κ1) is 20.4. The Morgan fingerprint density at radius 3 is 2.13 bits per heavy atom. The van der Waals surface area contributed by atoms with Crippen LogP contribution in [0.5, 0.6) is 5.75 Å². The van der Waals surface area contributed by atoms with Gasteiger partial charge in [-0.15, -0.1) is 0 Å². The van der Waals surface area contributed by atoms with Crippen molar-refractivity contribution in [2.24, 2.45) is 0 Å². The van der Waals surface area contributed by atoms with Crippen molar-refractivity contribution < 1.29 is 27.3 Å². The van der Waals surface area contributed by atoms with Gasteiger partial charge in [-0.2, -0.15) is 8.42 Å². The van der Waals surface area contributed by atoms with Crippen LogP contribution < -0.4 is 21.5 Å². The number of ketones is 2. The molecule has 1 aliphatic carbocycles. The molecule has 9 nitrogen and oxygen atoms in total. The molecule has 0 radical (unpaired) electrons. The van der Waals surface area contributed by atoms with Crippen LogP contribution in [0.4, 0.5) is 22.7 Å². The molecule has 0 amide bonds. The number of ether oxygens (including phenoxy) is 1. The molecule has 0 heterocycles. The van der Waals surface area contributed by atoms with Gasteiger partial charge in [0.1, 0.15) is 10.6 Å². The van der Waals surface area contributed by atoms with E-state index in [1.807, 2.05) is 0 Å². The topological polar surface area (TPSA) is 162 Å². The predicted octanol–water partition coefficient (Wildman–Crippen LogP) is 2.63. The zero-order valence-corrected chi connectivity index (χ0v) is 17.0. The number of rotatable bonds is 4. The smallest absolute Gasteiger partial charge is 0.296 e. The van der Waals surface area contributed by atoms with Gasteiger partial charge in [-0.3, -0.25) is 14.1 Å². The van der Waals surface area contributed by atoms with Crippen molar-refractivity contribution in [3.05, 3.63) is 70.8 Å². The van der Waals surface area contributed by atoms with Crippen LogP contribution in [-0.4, -0.2) is 31.6 Å². The average Bonchev–Trinajstić information content (AvgIpc) is 2.73. The maximum absolute atomic E-state index is 13.3. The van der Waals surface area contributed by atoms with E-state index in [2.05, 4.69) is 5.32 Å². The molecular weight excluding hydrogens is 422 g/mol. The molecule has 0 unspecified atom stereocenters. The summed E-state index contributed by atoms with van der Waals surface area (Å²) in [6, 6.07) is 11.7. The highest BCUT2D eigenvalue weighted by atomic mass is 32.2. The molecule has 3 aromatic carbocycles. The number of nitrogens with two attached hydrogens (primary N) is 2. The third kappa shape index (κ3) is 3.27. The zero-order chi connectivity index (χ0) is 22.5. The molecule has 0 fully saturated rings. The average molecular weight is 439 g/mol. The van der Waals surface area contributed by atoms with Crippen molar-refractivity contribution in [3.63, 3.8) is 0 Å². The summed E-state index contributed by atoms with van der Waals surface area (Å²) in [7, 11) is -3.21. The Labute approximate surface area is 177 Å². The number of methoxy groups -OCH3 is 1. The van der Waals surface area contributed by atoms with E-state index in [9.17, 15) is 22.6 Å². The van der Waals surface area contributed by atoms with E-state index in [1.165, 1.54) is 25.3 Å². The molecule has 0 spiro atoms. The van der Waals surface area contributed by atoms with Gasteiger partial charge >= 0.3 is 0 Å². The second-order valence-corrected chi connectivity index (χ2v) is 8.24. The first-order valence-electron chi connectivity index (χ1n) is 8.96. The fourth-order valence-corrected chi connectivity index (χ4v) is 4.19. The summed E-state index contributed by atoms with van der Waals surface area (Å²) in [6.07, 6.45) is 0. The summed E-state index contributed by atoms with van der Waals surface area (Å²) in [5.74, 6) is -0.694. The fraction of sp³-hybridized carbons (Fsp3) is 0.0476. The first-order valence-corrected chi connectivity index (χ1v) is 10.4. The number of carbonyl (C=O) groups is 2. The lowest BCUT2D eigenvalue weighted by atomic mass is 9.82. The predicted molar refractivity (Wildman–Crippen MR) is 115 cm³/mol. The maximum atomic E-state index is 13.3. The second kappa shape index (κ2) is 7.11. The molecule has 31 heavy (non-hydrogen) atoms. The number of benzene rings is 3. The van der Waals surface area contributed by atoms with Crippen molar-refractivity contribution in [1.29, 1.82) is 0 Å². The Kier molecular flexibility index (Phi) is 4.68. The van der Waals surface area contributed by atoms with Gasteiger partial charge in [0, 0.05) is 22.9 Å². The van der Waals surface area contributed by atoms with E-state index < -0.39 is 26.6 Å². The molecule has 158 valence electrons. The van der Waals surface area contributed by atoms with Crippen LogP contribution in [0, 0.1) is 0 Å². The summed E-state index contributed by atoms with van der Waals surface area (Å²) < 4.78 is 37.8. The van der Waals surface area contributed by atoms with E-state index in [-0.39, 0.29) is 50.8 Å². The molecule has 3 aromatic rings. The largest absolute Gasteiger partial charge is 0.494 e. The van der Waals surface area contributed by atoms with E-state index in [4.69, 9.17) is 16.2 Å². The second-order valence-electron chi connectivity index (χ2n) is 6.85. The molecule has 0 aromatic heterocycles. The van der Waals surface area contributed by atoms with Gasteiger partial charge in [-0.05, 0) is 18.2 Å². The van der Waals surface area contributed by atoms with E-state index in [0.717, 1.165) is 6.07 Å². The number of hydrogen-bond acceptors (Lipinski definition) is 8. The van der Waals surface area contributed by atoms with Gasteiger partial charge < -0.3 is 21.5 Å². The minimum atomic E-state index is -4.58. The molecule has 0 atom stereocenters. The maximum Gasteiger partial charge on any atom is 0.296 e. The summed E-state index contributed by atoms with van der Waals surface area (Å²) in [5.41, 5.74) is 12.5. The minimum Gasteiger partial charge on any atom is -0.494 e. The highest BCUT2D eigenvalue weighted by molar-refractivity contribution is 7.86. The lowest BCUT2D eigenvalue weighted by Gasteiger charge is -2.24. The van der Waals surface area contributed by atoms with Gasteiger partial charge in [0.15, 0.2) is 11.6 Å². The Morgan fingerprint density at radius 1 is 0.935 bits per heavy atom. The van der Waals surface area contributed by atoms with Crippen LogP contribution in [0.3, 0.4) is 0 Å². The van der Waals surface area contributed by atoms with E-state index in [0.29, 0.717) is 0 Å². The van der Waals surface area contributed by atoms with Crippen molar-refractivity contribution in [1.82, 2.24) is 0 Å². The van der Waals surface area contributed by atoms with Crippen molar-refractivity contribution >= 4 is 44.4 Å². The molecule has 0 aliphatic heterocycles. The van der Waals surface area contributed by atoms with Gasteiger partial charge in [0.25, 0.3) is 10.1 Å². The van der Waals surface area contributed by atoms with Crippen LogP contribution in [0.2, 0.25) is 0 Å². The quantitative estimate of drug-likeness (QED) is 0.276. The number of nitrogen functional groups attached to an aromatic ring is 2. The summed E-state index contributed by atoms with van der Waals surface area (Å²) in [6.45, 7) is 0. The SMILES string of the molecule is COc1cc(Nc2ccc(N)c(S(=O)(=O)O)c2)c2c(c1N)C(=O)c1ccccc1C2=O. The Morgan fingerprint density at radius 2 is 1.55 bits per heavy atom. The Hall–Kier alpha value is -3.89.